The fourth-order valence-electron chi connectivity index (χ4n) is 5.00. The molecule has 1 aliphatic rings. The van der Waals surface area contributed by atoms with Crippen LogP contribution in [0.2, 0.25) is 5.02 Å². The molecule has 1 aromatic carbocycles. The topological polar surface area (TPSA) is 94.8 Å². The quantitative estimate of drug-likeness (QED) is 0.241. The molecular formula is C27H35ClO5S. The van der Waals surface area contributed by atoms with Crippen LogP contribution in [0, 0.1) is 17.3 Å². The van der Waals surface area contributed by atoms with Crippen molar-refractivity contribution >= 4 is 44.8 Å². The predicted octanol–water partition coefficient (Wildman–Crippen LogP) is 6.03. The highest BCUT2D eigenvalue weighted by Crippen LogP contribution is 2.46. The van der Waals surface area contributed by atoms with Crippen LogP contribution in [0.15, 0.2) is 36.4 Å². The van der Waals surface area contributed by atoms with E-state index in [-0.39, 0.29) is 24.0 Å². The fourth-order valence-corrected chi connectivity index (χ4v) is 6.54. The maximum Gasteiger partial charge on any atom is 0.303 e. The van der Waals surface area contributed by atoms with Gasteiger partial charge < -0.3 is 15.3 Å². The number of allylic oxidation sites excluding steroid dienone is 2. The molecule has 0 aliphatic heterocycles. The second kappa shape index (κ2) is 11.8. The Labute approximate surface area is 210 Å². The summed E-state index contributed by atoms with van der Waals surface area (Å²) >= 11 is 8.18. The first-order chi connectivity index (χ1) is 16.1. The zero-order chi connectivity index (χ0) is 24.9. The van der Waals surface area contributed by atoms with E-state index in [0.29, 0.717) is 44.9 Å². The lowest BCUT2D eigenvalue weighted by Gasteiger charge is -2.25. The average molecular weight is 507 g/mol. The number of carboxylic acids is 1. The van der Waals surface area contributed by atoms with Crippen molar-refractivity contribution in [2.75, 3.05) is 0 Å². The Bertz CT molecular complexity index is 1030. The minimum Gasteiger partial charge on any atom is -0.481 e. The Morgan fingerprint density at radius 3 is 2.68 bits per heavy atom. The van der Waals surface area contributed by atoms with Crippen LogP contribution >= 0.6 is 22.9 Å². The third-order valence-corrected chi connectivity index (χ3v) is 8.87. The van der Waals surface area contributed by atoms with Gasteiger partial charge in [-0.2, -0.15) is 0 Å². The summed E-state index contributed by atoms with van der Waals surface area (Å²) in [6.45, 7) is 3.59. The molecule has 3 N–H and O–H groups in total. The van der Waals surface area contributed by atoms with Gasteiger partial charge in [0.05, 0.1) is 17.2 Å². The summed E-state index contributed by atoms with van der Waals surface area (Å²) in [5, 5.41) is 32.1. The van der Waals surface area contributed by atoms with Crippen LogP contribution < -0.4 is 0 Å². The number of hydrogen-bond donors (Lipinski definition) is 3. The largest absolute Gasteiger partial charge is 0.481 e. The smallest absolute Gasteiger partial charge is 0.303 e. The highest BCUT2D eigenvalue weighted by Gasteiger charge is 2.53. The van der Waals surface area contributed by atoms with Crippen LogP contribution in [0.25, 0.3) is 10.1 Å². The second-order valence-electron chi connectivity index (χ2n) is 9.90. The van der Waals surface area contributed by atoms with E-state index in [1.807, 2.05) is 36.4 Å². The van der Waals surface area contributed by atoms with Gasteiger partial charge in [-0.15, -0.1) is 11.3 Å². The molecule has 2 aromatic rings. The molecule has 1 unspecified atom stereocenters. The van der Waals surface area contributed by atoms with E-state index in [1.54, 1.807) is 25.2 Å². The number of carbonyl (C=O) groups is 2. The van der Waals surface area contributed by atoms with Crippen molar-refractivity contribution in [3.8, 4) is 0 Å². The number of benzene rings is 1. The molecule has 0 amide bonds. The maximum absolute atomic E-state index is 13.0. The molecule has 7 heteroatoms. The van der Waals surface area contributed by atoms with Crippen molar-refractivity contribution in [2.24, 2.45) is 17.3 Å². The number of ketones is 1. The molecule has 5 nitrogen and oxygen atoms in total. The van der Waals surface area contributed by atoms with Crippen molar-refractivity contribution in [1.29, 1.82) is 0 Å². The highest BCUT2D eigenvalue weighted by molar-refractivity contribution is 7.19. The molecule has 4 atom stereocenters. The maximum atomic E-state index is 13.0. The molecule has 1 saturated carbocycles. The van der Waals surface area contributed by atoms with Crippen molar-refractivity contribution in [2.45, 2.75) is 77.4 Å². The minimum atomic E-state index is -0.808. The molecule has 1 fully saturated rings. The van der Waals surface area contributed by atoms with Crippen LogP contribution in [0.1, 0.15) is 63.7 Å². The number of fused-ring (bicyclic) bond motifs is 1. The summed E-state index contributed by atoms with van der Waals surface area (Å²) < 4.78 is 1.14. The molecule has 0 spiro atoms. The number of aliphatic carboxylic acids is 1. The van der Waals surface area contributed by atoms with Crippen molar-refractivity contribution < 1.29 is 24.9 Å². The van der Waals surface area contributed by atoms with E-state index in [2.05, 4.69) is 0 Å². The Morgan fingerprint density at radius 1 is 1.24 bits per heavy atom. The predicted molar refractivity (Wildman–Crippen MR) is 137 cm³/mol. The van der Waals surface area contributed by atoms with Crippen molar-refractivity contribution in [3.63, 3.8) is 0 Å². The fraction of sp³-hybridized carbons (Fsp3) is 0.556. The van der Waals surface area contributed by atoms with Gasteiger partial charge in [-0.1, -0.05) is 55.8 Å². The number of thiophene rings is 1. The van der Waals surface area contributed by atoms with Gasteiger partial charge in [0.15, 0.2) is 0 Å². The minimum absolute atomic E-state index is 0.0618. The van der Waals surface area contributed by atoms with Gasteiger partial charge in [-0.05, 0) is 56.9 Å². The van der Waals surface area contributed by atoms with Crippen molar-refractivity contribution in [3.05, 3.63) is 46.3 Å². The van der Waals surface area contributed by atoms with E-state index in [0.717, 1.165) is 20.0 Å². The number of carbonyl (C=O) groups excluding carboxylic acids is 1. The number of unbranched alkanes of at least 4 members (excludes halogenated alkanes) is 1. The summed E-state index contributed by atoms with van der Waals surface area (Å²) in [5.74, 6) is -1.23. The molecule has 186 valence electrons. The van der Waals surface area contributed by atoms with E-state index >= 15 is 0 Å². The zero-order valence-corrected chi connectivity index (χ0v) is 21.4. The highest BCUT2D eigenvalue weighted by atomic mass is 35.5. The molecule has 1 aliphatic carbocycles. The SMILES string of the molecule is CC1(C)C(=O)[C@H](CC=CCCCC(=O)O)[C@@H](CCC(O)CCc2sc3ccccc3c2Cl)[C@@H]1O. The number of aliphatic hydroxyl groups excluding tert-OH is 2. The summed E-state index contributed by atoms with van der Waals surface area (Å²) in [7, 11) is 0. The number of aliphatic hydroxyl groups is 2. The first kappa shape index (κ1) is 26.9. The molecule has 34 heavy (non-hydrogen) atoms. The molecule has 1 aromatic heterocycles. The number of carboxylic acid groups (broad SMARTS) is 1. The van der Waals surface area contributed by atoms with Gasteiger partial charge in [0.1, 0.15) is 5.78 Å². The molecular weight excluding hydrogens is 472 g/mol. The van der Waals surface area contributed by atoms with Crippen LogP contribution in [0.3, 0.4) is 0 Å². The zero-order valence-electron chi connectivity index (χ0n) is 19.9. The molecule has 3 rings (SSSR count). The number of rotatable bonds is 12. The first-order valence-corrected chi connectivity index (χ1v) is 13.3. The Balaban J connectivity index is 1.54. The normalized spacial score (nSPS) is 23.2. The van der Waals surface area contributed by atoms with Crippen LogP contribution in [-0.4, -0.2) is 39.3 Å². The lowest BCUT2D eigenvalue weighted by molar-refractivity contribution is -0.137. The third kappa shape index (κ3) is 6.28. The lowest BCUT2D eigenvalue weighted by Crippen LogP contribution is -2.32. The van der Waals surface area contributed by atoms with Crippen LogP contribution in [-0.2, 0) is 16.0 Å². The number of hydrogen-bond acceptors (Lipinski definition) is 5. The average Bonchev–Trinajstić information content (AvgIpc) is 3.20. The lowest BCUT2D eigenvalue weighted by atomic mass is 9.85. The van der Waals surface area contributed by atoms with E-state index in [4.69, 9.17) is 16.7 Å². The summed E-state index contributed by atoms with van der Waals surface area (Å²) in [4.78, 5) is 24.7. The standard InChI is InChI=1S/C27H35ClO5S/c1-27(2)25(32)18(9-5-3-4-6-12-23(30)31)19(26(27)33)15-13-17(29)14-16-22-24(28)20-10-7-8-11-21(20)34-22/h3,5,7-8,10-11,17-19,26,29,33H,4,6,9,12-16H2,1-2H3,(H,30,31)/t17?,18-,19-,26+/m1/s1. The number of halogens is 1. The molecule has 0 bridgehead atoms. The third-order valence-electron chi connectivity index (χ3n) is 7.09. The van der Waals surface area contributed by atoms with Gasteiger partial charge in [-0.25, -0.2) is 0 Å². The summed E-state index contributed by atoms with van der Waals surface area (Å²) in [6, 6.07) is 8.02. The Morgan fingerprint density at radius 2 is 1.97 bits per heavy atom. The van der Waals surface area contributed by atoms with Gasteiger partial charge in [-0.3, -0.25) is 9.59 Å². The van der Waals surface area contributed by atoms with E-state index in [1.165, 1.54) is 0 Å². The molecule has 0 radical (unpaired) electrons. The number of Topliss-reactive ketones (excluding diaryl/α,β-unsaturated/α-hetero) is 1. The van der Waals surface area contributed by atoms with Gasteiger partial charge in [0.25, 0.3) is 0 Å². The Hall–Kier alpha value is -1.73. The number of aryl methyl sites for hydroxylation is 1. The first-order valence-electron chi connectivity index (χ1n) is 12.1. The van der Waals surface area contributed by atoms with Gasteiger partial charge in [0.2, 0.25) is 0 Å². The molecule has 0 saturated heterocycles. The van der Waals surface area contributed by atoms with Crippen LogP contribution in [0.5, 0.6) is 0 Å². The summed E-state index contributed by atoms with van der Waals surface area (Å²) in [5.41, 5.74) is -0.804. The summed E-state index contributed by atoms with van der Waals surface area (Å²) in [6.07, 6.45) is 6.85. The van der Waals surface area contributed by atoms with Gasteiger partial charge >= 0.3 is 5.97 Å². The van der Waals surface area contributed by atoms with Gasteiger partial charge in [0, 0.05) is 32.7 Å². The Kier molecular flexibility index (Phi) is 9.33. The molecule has 1 heterocycles. The van der Waals surface area contributed by atoms with E-state index < -0.39 is 23.6 Å². The van der Waals surface area contributed by atoms with E-state index in [9.17, 15) is 19.8 Å². The second-order valence-corrected chi connectivity index (χ2v) is 11.4. The van der Waals surface area contributed by atoms with Crippen LogP contribution in [0.4, 0.5) is 0 Å². The monoisotopic (exact) mass is 506 g/mol. The van der Waals surface area contributed by atoms with Crippen molar-refractivity contribution in [1.82, 2.24) is 0 Å².